The number of fused-ring (bicyclic) bond motifs is 1. The third-order valence-electron chi connectivity index (χ3n) is 3.53. The maximum absolute atomic E-state index is 12.5. The topological polar surface area (TPSA) is 44.9 Å². The van der Waals surface area contributed by atoms with Gasteiger partial charge in [-0.3, -0.25) is 4.79 Å². The summed E-state index contributed by atoms with van der Waals surface area (Å²) in [5, 5.41) is 3.91. The van der Waals surface area contributed by atoms with Crippen LogP contribution in [0.1, 0.15) is 21.5 Å². The molecular formula is C17H15BrN2O. The van der Waals surface area contributed by atoms with Gasteiger partial charge in [0.15, 0.2) is 0 Å². The number of hydrogen-bond donors (Lipinski definition) is 2. The van der Waals surface area contributed by atoms with E-state index in [1.807, 2.05) is 56.4 Å². The van der Waals surface area contributed by atoms with Crippen molar-refractivity contribution in [3.05, 3.63) is 63.8 Å². The summed E-state index contributed by atoms with van der Waals surface area (Å²) in [7, 11) is 0. The van der Waals surface area contributed by atoms with Crippen molar-refractivity contribution in [2.75, 3.05) is 5.32 Å². The van der Waals surface area contributed by atoms with Gasteiger partial charge in [-0.25, -0.2) is 0 Å². The first-order valence-corrected chi connectivity index (χ1v) is 7.50. The maximum Gasteiger partial charge on any atom is 0.256 e. The predicted molar refractivity (Wildman–Crippen MR) is 89.9 cm³/mol. The Kier molecular flexibility index (Phi) is 3.55. The average Bonchev–Trinajstić information content (AvgIpc) is 2.92. The lowest BCUT2D eigenvalue weighted by molar-refractivity contribution is 0.102. The summed E-state index contributed by atoms with van der Waals surface area (Å²) in [6.45, 7) is 4.03. The summed E-state index contributed by atoms with van der Waals surface area (Å²) >= 11 is 3.53. The Morgan fingerprint density at radius 2 is 1.86 bits per heavy atom. The molecule has 0 aliphatic carbocycles. The summed E-state index contributed by atoms with van der Waals surface area (Å²) in [5.74, 6) is -0.0960. The number of nitrogens with one attached hydrogen (secondary N) is 2. The van der Waals surface area contributed by atoms with E-state index in [2.05, 4.69) is 26.2 Å². The first kappa shape index (κ1) is 13.9. The fraction of sp³-hybridized carbons (Fsp3) is 0.118. The molecule has 0 radical (unpaired) electrons. The minimum atomic E-state index is -0.0960. The smallest absolute Gasteiger partial charge is 0.256 e. The van der Waals surface area contributed by atoms with Crippen LogP contribution in [0.4, 0.5) is 5.69 Å². The van der Waals surface area contributed by atoms with E-state index in [1.165, 1.54) is 0 Å². The van der Waals surface area contributed by atoms with Gasteiger partial charge in [0, 0.05) is 32.8 Å². The van der Waals surface area contributed by atoms with E-state index < -0.39 is 0 Å². The van der Waals surface area contributed by atoms with Crippen molar-refractivity contribution in [2.45, 2.75) is 13.8 Å². The van der Waals surface area contributed by atoms with Crippen molar-refractivity contribution in [2.24, 2.45) is 0 Å². The molecule has 1 amide bonds. The second kappa shape index (κ2) is 5.37. The number of carbonyl (C=O) groups is 1. The summed E-state index contributed by atoms with van der Waals surface area (Å²) in [5.41, 5.74) is 4.65. The summed E-state index contributed by atoms with van der Waals surface area (Å²) in [4.78, 5) is 15.6. The molecule has 3 aromatic rings. The van der Waals surface area contributed by atoms with Crippen molar-refractivity contribution in [1.29, 1.82) is 0 Å². The highest BCUT2D eigenvalue weighted by atomic mass is 79.9. The number of aromatic nitrogens is 1. The third kappa shape index (κ3) is 2.59. The normalized spacial score (nSPS) is 10.8. The van der Waals surface area contributed by atoms with Gasteiger partial charge in [0.2, 0.25) is 0 Å². The molecule has 0 fully saturated rings. The number of aryl methyl sites for hydroxylation is 2. The van der Waals surface area contributed by atoms with Gasteiger partial charge in [0.25, 0.3) is 5.91 Å². The Bertz CT molecular complexity index is 813. The molecule has 21 heavy (non-hydrogen) atoms. The molecule has 3 nitrogen and oxygen atoms in total. The Hall–Kier alpha value is -2.07. The quantitative estimate of drug-likeness (QED) is 0.690. The van der Waals surface area contributed by atoms with E-state index in [1.54, 1.807) is 0 Å². The van der Waals surface area contributed by atoms with Gasteiger partial charge in [-0.1, -0.05) is 22.0 Å². The highest BCUT2D eigenvalue weighted by molar-refractivity contribution is 9.10. The first-order chi connectivity index (χ1) is 10.1. The van der Waals surface area contributed by atoms with Crippen molar-refractivity contribution in [1.82, 2.24) is 4.98 Å². The number of amides is 1. The molecule has 0 saturated carbocycles. The van der Waals surface area contributed by atoms with Gasteiger partial charge in [0.05, 0.1) is 0 Å². The Labute approximate surface area is 131 Å². The third-order valence-corrected chi connectivity index (χ3v) is 4.78. The standard InChI is InChI=1S/C17H15BrN2O/c1-10-8-12(9-11(2)16(10)18)20-17(21)14-4-3-5-15-13(14)6-7-19-15/h3-9,19H,1-2H3,(H,20,21). The van der Waals surface area contributed by atoms with Gasteiger partial charge in [-0.15, -0.1) is 0 Å². The molecular weight excluding hydrogens is 328 g/mol. The number of anilines is 1. The molecule has 0 bridgehead atoms. The fourth-order valence-corrected chi connectivity index (χ4v) is 2.73. The molecule has 0 aliphatic heterocycles. The molecule has 1 aromatic heterocycles. The van der Waals surface area contributed by atoms with Gasteiger partial charge >= 0.3 is 0 Å². The summed E-state index contributed by atoms with van der Waals surface area (Å²) in [6, 6.07) is 11.5. The average molecular weight is 343 g/mol. The van der Waals surface area contributed by atoms with Crippen molar-refractivity contribution in [3.63, 3.8) is 0 Å². The number of benzene rings is 2. The van der Waals surface area contributed by atoms with E-state index in [9.17, 15) is 4.79 Å². The molecule has 2 N–H and O–H groups in total. The maximum atomic E-state index is 12.5. The number of carbonyl (C=O) groups excluding carboxylic acids is 1. The second-order valence-corrected chi connectivity index (χ2v) is 5.92. The molecule has 4 heteroatoms. The second-order valence-electron chi connectivity index (χ2n) is 5.12. The van der Waals surface area contributed by atoms with Crippen LogP contribution in [0.15, 0.2) is 47.1 Å². The van der Waals surface area contributed by atoms with E-state index >= 15 is 0 Å². The predicted octanol–water partition coefficient (Wildman–Crippen LogP) is 4.80. The van der Waals surface area contributed by atoms with Crippen LogP contribution in [-0.4, -0.2) is 10.9 Å². The van der Waals surface area contributed by atoms with Crippen molar-refractivity contribution in [3.8, 4) is 0 Å². The van der Waals surface area contributed by atoms with Crippen LogP contribution in [0.3, 0.4) is 0 Å². The molecule has 0 spiro atoms. The number of H-pyrrole nitrogens is 1. The lowest BCUT2D eigenvalue weighted by Gasteiger charge is -2.10. The van der Waals surface area contributed by atoms with Crippen LogP contribution in [0.25, 0.3) is 10.9 Å². The highest BCUT2D eigenvalue weighted by Gasteiger charge is 2.11. The molecule has 2 aromatic carbocycles. The van der Waals surface area contributed by atoms with Crippen LogP contribution < -0.4 is 5.32 Å². The zero-order valence-corrected chi connectivity index (χ0v) is 13.4. The van der Waals surface area contributed by atoms with Gasteiger partial charge in [-0.2, -0.15) is 0 Å². The van der Waals surface area contributed by atoms with Crippen LogP contribution >= 0.6 is 15.9 Å². The van der Waals surface area contributed by atoms with Gasteiger partial charge in [0.1, 0.15) is 0 Å². The molecule has 3 rings (SSSR count). The molecule has 0 unspecified atom stereocenters. The van der Waals surface area contributed by atoms with Crippen LogP contribution in [-0.2, 0) is 0 Å². The largest absolute Gasteiger partial charge is 0.361 e. The minimum absolute atomic E-state index is 0.0960. The van der Waals surface area contributed by atoms with E-state index in [-0.39, 0.29) is 5.91 Å². The molecule has 106 valence electrons. The first-order valence-electron chi connectivity index (χ1n) is 6.70. The lowest BCUT2D eigenvalue weighted by atomic mass is 10.1. The number of halogens is 1. The van der Waals surface area contributed by atoms with Crippen molar-refractivity contribution < 1.29 is 4.79 Å². The molecule has 1 heterocycles. The zero-order chi connectivity index (χ0) is 15.0. The number of hydrogen-bond acceptors (Lipinski definition) is 1. The Morgan fingerprint density at radius 3 is 2.57 bits per heavy atom. The van der Waals surface area contributed by atoms with Crippen LogP contribution in [0, 0.1) is 13.8 Å². The molecule has 0 saturated heterocycles. The summed E-state index contributed by atoms with van der Waals surface area (Å²) in [6.07, 6.45) is 1.84. The zero-order valence-electron chi connectivity index (χ0n) is 11.8. The van der Waals surface area contributed by atoms with Crippen molar-refractivity contribution >= 4 is 38.4 Å². The Morgan fingerprint density at radius 1 is 1.14 bits per heavy atom. The van der Waals surface area contributed by atoms with Gasteiger partial charge in [-0.05, 0) is 55.3 Å². The number of aromatic amines is 1. The monoisotopic (exact) mass is 342 g/mol. The van der Waals surface area contributed by atoms with E-state index in [0.717, 1.165) is 32.2 Å². The van der Waals surface area contributed by atoms with Crippen LogP contribution in [0.2, 0.25) is 0 Å². The Balaban J connectivity index is 1.95. The fourth-order valence-electron chi connectivity index (χ4n) is 2.50. The number of rotatable bonds is 2. The molecule has 0 atom stereocenters. The SMILES string of the molecule is Cc1cc(NC(=O)c2cccc3[nH]ccc23)cc(C)c1Br. The molecule has 0 aliphatic rings. The minimum Gasteiger partial charge on any atom is -0.361 e. The van der Waals surface area contributed by atoms with E-state index in [0.29, 0.717) is 5.56 Å². The summed E-state index contributed by atoms with van der Waals surface area (Å²) < 4.78 is 1.08. The van der Waals surface area contributed by atoms with E-state index in [4.69, 9.17) is 0 Å². The van der Waals surface area contributed by atoms with Crippen LogP contribution in [0.5, 0.6) is 0 Å². The highest BCUT2D eigenvalue weighted by Crippen LogP contribution is 2.26. The van der Waals surface area contributed by atoms with Gasteiger partial charge < -0.3 is 10.3 Å². The lowest BCUT2D eigenvalue weighted by Crippen LogP contribution is -2.12.